The summed E-state index contributed by atoms with van der Waals surface area (Å²) in [7, 11) is 0. The first-order valence-corrected chi connectivity index (χ1v) is 5.99. The lowest BCUT2D eigenvalue weighted by molar-refractivity contribution is 0.191. The molecule has 0 saturated carbocycles. The molecule has 17 heavy (non-hydrogen) atoms. The van der Waals surface area contributed by atoms with Crippen LogP contribution in [0.1, 0.15) is 11.7 Å². The van der Waals surface area contributed by atoms with Gasteiger partial charge in [0.05, 0.1) is 10.6 Å². The van der Waals surface area contributed by atoms with Crippen LogP contribution in [0.4, 0.5) is 5.95 Å². The van der Waals surface area contributed by atoms with E-state index in [1.807, 2.05) is 30.3 Å². The van der Waals surface area contributed by atoms with Crippen molar-refractivity contribution in [3.05, 3.63) is 52.8 Å². The molecule has 1 atom stereocenters. The fourth-order valence-corrected chi connectivity index (χ4v) is 1.59. The van der Waals surface area contributed by atoms with Crippen LogP contribution in [0.2, 0.25) is 0 Å². The molecule has 1 aromatic heterocycles. The van der Waals surface area contributed by atoms with Crippen molar-refractivity contribution in [2.45, 2.75) is 6.10 Å². The van der Waals surface area contributed by atoms with Gasteiger partial charge >= 0.3 is 0 Å². The second-order valence-electron chi connectivity index (χ2n) is 3.53. The molecule has 2 aromatic rings. The molecule has 0 fully saturated rings. The van der Waals surface area contributed by atoms with Gasteiger partial charge in [0, 0.05) is 18.9 Å². The van der Waals surface area contributed by atoms with Gasteiger partial charge in [0.15, 0.2) is 0 Å². The van der Waals surface area contributed by atoms with Gasteiger partial charge in [-0.05, 0) is 21.5 Å². The van der Waals surface area contributed by atoms with E-state index in [9.17, 15) is 5.11 Å². The number of nitrogens with zero attached hydrogens (tertiary/aromatic N) is 2. The molecule has 1 unspecified atom stereocenters. The summed E-state index contributed by atoms with van der Waals surface area (Å²) in [5.74, 6) is 0.503. The van der Waals surface area contributed by atoms with Gasteiger partial charge in [0.2, 0.25) is 5.95 Å². The third-order valence-electron chi connectivity index (χ3n) is 2.26. The van der Waals surface area contributed by atoms with Crippen LogP contribution >= 0.6 is 15.9 Å². The summed E-state index contributed by atoms with van der Waals surface area (Å²) in [5, 5.41) is 12.9. The highest BCUT2D eigenvalue weighted by molar-refractivity contribution is 9.10. The Morgan fingerprint density at radius 1 is 1.18 bits per heavy atom. The van der Waals surface area contributed by atoms with Gasteiger partial charge in [0.1, 0.15) is 0 Å². The first-order valence-electron chi connectivity index (χ1n) is 5.20. The number of aliphatic hydroxyl groups is 1. The number of halogens is 1. The van der Waals surface area contributed by atoms with E-state index in [-0.39, 0.29) is 0 Å². The molecular weight excluding hydrogens is 282 g/mol. The van der Waals surface area contributed by atoms with Crippen molar-refractivity contribution in [1.82, 2.24) is 9.97 Å². The zero-order valence-electron chi connectivity index (χ0n) is 9.05. The zero-order valence-corrected chi connectivity index (χ0v) is 10.6. The SMILES string of the molecule is OC(CNc1ncc(Br)cn1)c1ccccc1. The van der Waals surface area contributed by atoms with E-state index in [1.54, 1.807) is 12.4 Å². The van der Waals surface area contributed by atoms with Gasteiger partial charge in [-0.25, -0.2) is 9.97 Å². The summed E-state index contributed by atoms with van der Waals surface area (Å²) in [5.41, 5.74) is 0.872. The van der Waals surface area contributed by atoms with Crippen molar-refractivity contribution >= 4 is 21.9 Å². The van der Waals surface area contributed by atoms with Crippen LogP contribution in [-0.2, 0) is 0 Å². The molecule has 1 heterocycles. The number of aliphatic hydroxyl groups excluding tert-OH is 1. The van der Waals surface area contributed by atoms with Gasteiger partial charge in [0.25, 0.3) is 0 Å². The molecule has 0 aliphatic rings. The highest BCUT2D eigenvalue weighted by Gasteiger charge is 2.06. The van der Waals surface area contributed by atoms with Gasteiger partial charge in [-0.2, -0.15) is 0 Å². The Hall–Kier alpha value is -1.46. The highest BCUT2D eigenvalue weighted by Crippen LogP contribution is 2.13. The van der Waals surface area contributed by atoms with E-state index in [4.69, 9.17) is 0 Å². The second-order valence-corrected chi connectivity index (χ2v) is 4.45. The lowest BCUT2D eigenvalue weighted by atomic mass is 10.1. The average Bonchev–Trinajstić information content (AvgIpc) is 2.39. The molecule has 0 aliphatic carbocycles. The predicted octanol–water partition coefficient (Wildman–Crippen LogP) is 2.38. The van der Waals surface area contributed by atoms with E-state index >= 15 is 0 Å². The van der Waals surface area contributed by atoms with Crippen molar-refractivity contribution in [2.24, 2.45) is 0 Å². The van der Waals surface area contributed by atoms with Gasteiger partial charge in [-0.1, -0.05) is 30.3 Å². The van der Waals surface area contributed by atoms with Crippen molar-refractivity contribution in [2.75, 3.05) is 11.9 Å². The standard InChI is InChI=1S/C12H12BrN3O/c13-10-6-14-12(15-7-10)16-8-11(17)9-4-2-1-3-5-9/h1-7,11,17H,8H2,(H,14,15,16). The van der Waals surface area contributed by atoms with Crippen molar-refractivity contribution < 1.29 is 5.11 Å². The second kappa shape index (κ2) is 5.75. The van der Waals surface area contributed by atoms with Crippen molar-refractivity contribution in [3.63, 3.8) is 0 Å². The molecule has 4 nitrogen and oxygen atoms in total. The maximum Gasteiger partial charge on any atom is 0.222 e. The summed E-state index contributed by atoms with van der Waals surface area (Å²) in [4.78, 5) is 8.13. The number of hydrogen-bond acceptors (Lipinski definition) is 4. The zero-order chi connectivity index (χ0) is 12.1. The molecule has 2 N–H and O–H groups in total. The molecule has 0 aliphatic heterocycles. The van der Waals surface area contributed by atoms with Crippen LogP contribution in [0, 0.1) is 0 Å². The van der Waals surface area contributed by atoms with Gasteiger partial charge in [-0.15, -0.1) is 0 Å². The molecule has 88 valence electrons. The molecule has 5 heteroatoms. The average molecular weight is 294 g/mol. The normalized spacial score (nSPS) is 12.1. The Balaban J connectivity index is 1.92. The predicted molar refractivity (Wildman–Crippen MR) is 69.6 cm³/mol. The Kier molecular flexibility index (Phi) is 4.06. The number of hydrogen-bond donors (Lipinski definition) is 2. The Morgan fingerprint density at radius 2 is 1.82 bits per heavy atom. The highest BCUT2D eigenvalue weighted by atomic mass is 79.9. The minimum atomic E-state index is -0.566. The van der Waals surface area contributed by atoms with Crippen LogP contribution in [0.25, 0.3) is 0 Å². The molecule has 0 spiro atoms. The largest absolute Gasteiger partial charge is 0.387 e. The Labute approximate surface area is 108 Å². The molecular formula is C12H12BrN3O. The number of benzene rings is 1. The minimum absolute atomic E-state index is 0.381. The lowest BCUT2D eigenvalue weighted by Gasteiger charge is -2.11. The quantitative estimate of drug-likeness (QED) is 0.909. The fourth-order valence-electron chi connectivity index (χ4n) is 1.38. The van der Waals surface area contributed by atoms with Gasteiger partial charge < -0.3 is 10.4 Å². The van der Waals surface area contributed by atoms with Crippen LogP contribution < -0.4 is 5.32 Å². The number of rotatable bonds is 4. The number of anilines is 1. The van der Waals surface area contributed by atoms with Crippen molar-refractivity contribution in [3.8, 4) is 0 Å². The Bertz CT molecular complexity index is 461. The summed E-state index contributed by atoms with van der Waals surface area (Å²) >= 11 is 3.26. The first-order chi connectivity index (χ1) is 8.25. The topological polar surface area (TPSA) is 58.0 Å². The third kappa shape index (κ3) is 3.51. The maximum absolute atomic E-state index is 9.91. The molecule has 0 saturated heterocycles. The number of aromatic nitrogens is 2. The van der Waals surface area contributed by atoms with Crippen molar-refractivity contribution in [1.29, 1.82) is 0 Å². The van der Waals surface area contributed by atoms with E-state index in [1.165, 1.54) is 0 Å². The van der Waals surface area contributed by atoms with Crippen LogP contribution in [0.3, 0.4) is 0 Å². The molecule has 0 amide bonds. The van der Waals surface area contributed by atoms with E-state index in [0.717, 1.165) is 10.0 Å². The Morgan fingerprint density at radius 3 is 2.47 bits per heavy atom. The van der Waals surface area contributed by atoms with Crippen LogP contribution in [-0.4, -0.2) is 21.6 Å². The lowest BCUT2D eigenvalue weighted by Crippen LogP contribution is -2.13. The summed E-state index contributed by atoms with van der Waals surface area (Å²) in [6.07, 6.45) is 2.75. The monoisotopic (exact) mass is 293 g/mol. The van der Waals surface area contributed by atoms with Gasteiger partial charge in [-0.3, -0.25) is 0 Å². The first kappa shape index (κ1) is 12.0. The summed E-state index contributed by atoms with van der Waals surface area (Å²) in [6, 6.07) is 9.48. The van der Waals surface area contributed by atoms with Crippen LogP contribution in [0.15, 0.2) is 47.2 Å². The third-order valence-corrected chi connectivity index (χ3v) is 2.67. The minimum Gasteiger partial charge on any atom is -0.387 e. The smallest absolute Gasteiger partial charge is 0.222 e. The van der Waals surface area contributed by atoms with Crippen LogP contribution in [0.5, 0.6) is 0 Å². The van der Waals surface area contributed by atoms with E-state index in [0.29, 0.717) is 12.5 Å². The summed E-state index contributed by atoms with van der Waals surface area (Å²) < 4.78 is 0.826. The summed E-state index contributed by atoms with van der Waals surface area (Å²) in [6.45, 7) is 0.381. The molecule has 2 rings (SSSR count). The van der Waals surface area contributed by atoms with E-state index < -0.39 is 6.10 Å². The maximum atomic E-state index is 9.91. The molecule has 1 aromatic carbocycles. The fraction of sp³-hybridized carbons (Fsp3) is 0.167. The molecule has 0 radical (unpaired) electrons. The number of nitrogens with one attached hydrogen (secondary N) is 1. The molecule has 0 bridgehead atoms. The van der Waals surface area contributed by atoms with E-state index in [2.05, 4.69) is 31.2 Å².